The normalized spacial score (nSPS) is 2.67. The summed E-state index contributed by atoms with van der Waals surface area (Å²) >= 11 is 0. The summed E-state index contributed by atoms with van der Waals surface area (Å²) in [5, 5.41) is 0. The Morgan fingerprint density at radius 2 is 1.50 bits per heavy atom. The minimum absolute atomic E-state index is 0. The van der Waals surface area contributed by atoms with Crippen molar-refractivity contribution in [3.8, 4) is 0 Å². The summed E-state index contributed by atoms with van der Waals surface area (Å²) in [5.41, 5.74) is 4.04. The quantitative estimate of drug-likeness (QED) is 0.192. The second-order valence-electron chi connectivity index (χ2n) is 0.118. The molecule has 0 aliphatic heterocycles. The molecule has 0 fully saturated rings. The molecule has 0 unspecified atom stereocenters. The zero-order valence-electron chi connectivity index (χ0n) is 2.82. The Morgan fingerprint density at radius 3 is 1.50 bits per heavy atom. The first kappa shape index (κ1) is 17.4. The number of rotatable bonds is 0. The Labute approximate surface area is 46.4 Å². The van der Waals surface area contributed by atoms with Gasteiger partial charge in [0.1, 0.15) is 0 Å². The number of hydrogen-bond donors (Lipinski definition) is 1. The first-order valence-corrected chi connectivity index (χ1v) is 0.729. The third-order valence-electron chi connectivity index (χ3n) is 0. The first-order valence-electron chi connectivity index (χ1n) is 0.729. The molecule has 0 saturated carbocycles. The van der Waals surface area contributed by atoms with Gasteiger partial charge in [-0.1, -0.05) is 0 Å². The van der Waals surface area contributed by atoms with E-state index in [1.807, 2.05) is 0 Å². The molecule has 0 rings (SSSR count). The van der Waals surface area contributed by atoms with Crippen LogP contribution in [0.3, 0.4) is 0 Å². The molecule has 0 saturated heterocycles. The van der Waals surface area contributed by atoms with Crippen LogP contribution in [0.5, 0.6) is 0 Å². The van der Waals surface area contributed by atoms with Crippen LogP contribution in [0.2, 0.25) is 0 Å². The van der Waals surface area contributed by atoms with Crippen molar-refractivity contribution in [1.82, 2.24) is 0 Å². The van der Waals surface area contributed by atoms with Gasteiger partial charge in [0, 0.05) is 0 Å². The second-order valence-corrected chi connectivity index (χ2v) is 0.118. The Kier molecular flexibility index (Phi) is 415. The van der Waals surface area contributed by atoms with Gasteiger partial charge in [-0.25, -0.2) is 0 Å². The summed E-state index contributed by atoms with van der Waals surface area (Å²) < 4.78 is 0. The molecular formula is C2H3FeNO2. The van der Waals surface area contributed by atoms with Crippen molar-refractivity contribution in [3.63, 3.8) is 0 Å². The molecule has 2 N–H and O–H groups in total. The van der Waals surface area contributed by atoms with Crippen molar-refractivity contribution >= 4 is 13.2 Å². The third kappa shape index (κ3) is 223. The van der Waals surface area contributed by atoms with Crippen LogP contribution >= 0.6 is 0 Å². The number of carbonyl (C=O) groups excluding carboxylic acids is 2. The van der Waals surface area contributed by atoms with E-state index in [1.165, 1.54) is 0 Å². The van der Waals surface area contributed by atoms with E-state index in [2.05, 4.69) is 12.5 Å². The van der Waals surface area contributed by atoms with E-state index >= 15 is 0 Å². The summed E-state index contributed by atoms with van der Waals surface area (Å²) in [4.78, 5) is 16.2. The Hall–Kier alpha value is -0.341. The zero-order chi connectivity index (χ0) is 4.71. The van der Waals surface area contributed by atoms with E-state index in [0.717, 1.165) is 6.41 Å². The van der Waals surface area contributed by atoms with Crippen LogP contribution < -0.4 is 5.73 Å². The maximum Gasteiger partial charge on any atom is 2.00 e. The second kappa shape index (κ2) is 143. The molecule has 0 aromatic carbocycles. The summed E-state index contributed by atoms with van der Waals surface area (Å²) in [7, 11) is 0. The van der Waals surface area contributed by atoms with Crippen LogP contribution in [0.25, 0.3) is 0 Å². The Balaban J connectivity index is -0.0000000275. The molecule has 0 spiro atoms. The molecule has 0 heterocycles. The minimum atomic E-state index is 0. The predicted molar refractivity (Wildman–Crippen MR) is 16.6 cm³/mol. The van der Waals surface area contributed by atoms with Crippen molar-refractivity contribution in [1.29, 1.82) is 0 Å². The van der Waals surface area contributed by atoms with Crippen LogP contribution in [0.4, 0.5) is 0 Å². The molecular weight excluding hydrogens is 126 g/mol. The fourth-order valence-electron chi connectivity index (χ4n) is 0. The largest absolute Gasteiger partial charge is 2.00 e. The molecule has 0 bridgehead atoms. The average molecular weight is 129 g/mol. The number of primary amides is 1. The van der Waals surface area contributed by atoms with Crippen molar-refractivity contribution < 1.29 is 26.7 Å². The Morgan fingerprint density at radius 1 is 1.50 bits per heavy atom. The monoisotopic (exact) mass is 129 g/mol. The van der Waals surface area contributed by atoms with Crippen LogP contribution in [-0.4, -0.2) is 13.2 Å². The average Bonchev–Trinajstić information content (AvgIpc) is 1.46. The van der Waals surface area contributed by atoms with Gasteiger partial charge in [0.2, 0.25) is 0 Å². The smallest absolute Gasteiger partial charge is 0.545 e. The van der Waals surface area contributed by atoms with Gasteiger partial charge in [-0.2, -0.15) is 6.41 Å². The van der Waals surface area contributed by atoms with Gasteiger partial charge in [-0.15, -0.1) is 0 Å². The minimum Gasteiger partial charge on any atom is -0.545 e. The standard InChI is InChI=1S/CH2NO.CHO.Fe/c2-1-3;1-2;/h(H2,2,3);1H;/q2*-1;+2. The predicted octanol–water partition coefficient (Wildman–Crippen LogP) is -1.26. The molecule has 0 aromatic rings. The third-order valence-corrected chi connectivity index (χ3v) is 0. The number of hydrogen-bond acceptors (Lipinski definition) is 2. The number of amides is 1. The molecule has 0 radical (unpaired) electrons. The van der Waals surface area contributed by atoms with E-state index in [9.17, 15) is 0 Å². The van der Waals surface area contributed by atoms with Gasteiger partial charge < -0.3 is 15.3 Å². The van der Waals surface area contributed by atoms with E-state index in [4.69, 9.17) is 9.59 Å². The Bertz CT molecular complexity index is 25.5. The summed E-state index contributed by atoms with van der Waals surface area (Å²) in [6.07, 6.45) is 1.00. The molecule has 0 aliphatic rings. The van der Waals surface area contributed by atoms with Gasteiger partial charge in [-0.3, -0.25) is 6.79 Å². The van der Waals surface area contributed by atoms with Crippen LogP contribution in [0, 0.1) is 0 Å². The maximum absolute atomic E-state index is 8.46. The van der Waals surface area contributed by atoms with Crippen molar-refractivity contribution in [2.24, 2.45) is 5.73 Å². The van der Waals surface area contributed by atoms with E-state index in [-0.39, 0.29) is 17.1 Å². The van der Waals surface area contributed by atoms with E-state index in [1.54, 1.807) is 0 Å². The molecule has 1 amide bonds. The summed E-state index contributed by atoms with van der Waals surface area (Å²) in [6, 6.07) is 0. The molecule has 0 atom stereocenters. The molecule has 0 aromatic heterocycles. The van der Waals surface area contributed by atoms with Gasteiger partial charge >= 0.3 is 17.1 Å². The van der Waals surface area contributed by atoms with Crippen LogP contribution in [-0.2, 0) is 26.7 Å². The van der Waals surface area contributed by atoms with Crippen LogP contribution in [0.1, 0.15) is 0 Å². The molecule has 0 aliphatic carbocycles. The van der Waals surface area contributed by atoms with Crippen molar-refractivity contribution in [3.05, 3.63) is 0 Å². The molecule has 36 valence electrons. The SMILES string of the molecule is N[C-]=O.[CH-]=O.[Fe+2]. The van der Waals surface area contributed by atoms with Crippen molar-refractivity contribution in [2.45, 2.75) is 0 Å². The fourth-order valence-corrected chi connectivity index (χ4v) is 0. The van der Waals surface area contributed by atoms with Gasteiger partial charge in [0.15, 0.2) is 0 Å². The fraction of sp³-hybridized carbons (Fsp3) is 0. The maximum atomic E-state index is 8.46. The van der Waals surface area contributed by atoms with Gasteiger partial charge in [-0.05, 0) is 0 Å². The zero-order valence-corrected chi connectivity index (χ0v) is 3.93. The summed E-state index contributed by atoms with van der Waals surface area (Å²) in [5.74, 6) is 0. The molecule has 4 heteroatoms. The van der Waals surface area contributed by atoms with Gasteiger partial charge in [0.25, 0.3) is 0 Å². The van der Waals surface area contributed by atoms with E-state index < -0.39 is 0 Å². The molecule has 3 nitrogen and oxygen atoms in total. The first-order chi connectivity index (χ1) is 2.41. The number of nitrogens with two attached hydrogens (primary N) is 1. The molecule has 6 heavy (non-hydrogen) atoms. The topological polar surface area (TPSA) is 60.2 Å². The van der Waals surface area contributed by atoms with Gasteiger partial charge in [0.05, 0.1) is 0 Å². The summed E-state index contributed by atoms with van der Waals surface area (Å²) in [6.45, 7) is 3.25. The van der Waals surface area contributed by atoms with Crippen molar-refractivity contribution in [2.75, 3.05) is 0 Å². The van der Waals surface area contributed by atoms with E-state index in [0.29, 0.717) is 0 Å². The van der Waals surface area contributed by atoms with Crippen LogP contribution in [0.15, 0.2) is 0 Å².